The van der Waals surface area contributed by atoms with E-state index in [-0.39, 0.29) is 11.1 Å². The number of methoxy groups -OCH3 is 1. The first-order chi connectivity index (χ1) is 8.99. The number of esters is 1. The minimum absolute atomic E-state index is 0.108. The zero-order valence-electron chi connectivity index (χ0n) is 13.3. The van der Waals surface area contributed by atoms with Gasteiger partial charge in [-0.15, -0.1) is 0 Å². The van der Waals surface area contributed by atoms with E-state index in [1.807, 2.05) is 6.08 Å². The van der Waals surface area contributed by atoms with E-state index in [9.17, 15) is 9.90 Å². The molecule has 20 heavy (non-hydrogen) atoms. The van der Waals surface area contributed by atoms with E-state index in [2.05, 4.69) is 38.6 Å². The van der Waals surface area contributed by atoms with E-state index in [4.69, 9.17) is 4.43 Å². The van der Waals surface area contributed by atoms with Gasteiger partial charge in [0.25, 0.3) is 0 Å². The van der Waals surface area contributed by atoms with Gasteiger partial charge in [-0.25, -0.2) is 4.79 Å². The van der Waals surface area contributed by atoms with Crippen molar-refractivity contribution in [1.82, 2.24) is 0 Å². The van der Waals surface area contributed by atoms with Crippen molar-refractivity contribution in [2.75, 3.05) is 7.11 Å². The molecule has 5 heteroatoms. The Balaban J connectivity index is 2.67. The summed E-state index contributed by atoms with van der Waals surface area (Å²) in [6.07, 6.45) is 6.60. The lowest BCUT2D eigenvalue weighted by atomic mass is 10.0. The molecule has 0 aromatic carbocycles. The molecule has 0 spiro atoms. The summed E-state index contributed by atoms with van der Waals surface area (Å²) in [6.45, 7) is 10.9. The number of hydrogen-bond acceptors (Lipinski definition) is 4. The van der Waals surface area contributed by atoms with Crippen LogP contribution in [-0.4, -0.2) is 38.2 Å². The fourth-order valence-electron chi connectivity index (χ4n) is 1.77. The second-order valence-electron chi connectivity index (χ2n) is 6.83. The van der Waals surface area contributed by atoms with Crippen molar-refractivity contribution < 1.29 is 19.1 Å². The Labute approximate surface area is 122 Å². The highest BCUT2D eigenvalue weighted by atomic mass is 28.4. The molecule has 0 aromatic heterocycles. The molecule has 114 valence electrons. The molecular weight excluding hydrogens is 272 g/mol. The monoisotopic (exact) mass is 298 g/mol. The molecule has 1 rings (SSSR count). The number of carbonyl (C=O) groups excluding carboxylic acids is 1. The smallest absolute Gasteiger partial charge is 0.330 e. The normalized spacial score (nSPS) is 27.2. The van der Waals surface area contributed by atoms with Crippen LogP contribution >= 0.6 is 0 Å². The van der Waals surface area contributed by atoms with Gasteiger partial charge in [0.1, 0.15) is 5.60 Å². The first-order valence-electron chi connectivity index (χ1n) is 6.86. The molecule has 0 aliphatic heterocycles. The molecule has 0 fully saturated rings. The summed E-state index contributed by atoms with van der Waals surface area (Å²) in [4.78, 5) is 11.1. The van der Waals surface area contributed by atoms with E-state index < -0.39 is 19.9 Å². The van der Waals surface area contributed by atoms with Gasteiger partial charge in [-0.05, 0) is 24.2 Å². The average Bonchev–Trinajstić information content (AvgIpc) is 2.66. The minimum atomic E-state index is -1.86. The van der Waals surface area contributed by atoms with Gasteiger partial charge in [-0.2, -0.15) is 0 Å². The number of ether oxygens (including phenoxy) is 1. The lowest BCUT2D eigenvalue weighted by Gasteiger charge is -2.38. The summed E-state index contributed by atoms with van der Waals surface area (Å²) in [7, 11) is -0.552. The van der Waals surface area contributed by atoms with Crippen LogP contribution < -0.4 is 0 Å². The van der Waals surface area contributed by atoms with Crippen molar-refractivity contribution >= 4 is 14.3 Å². The lowest BCUT2D eigenvalue weighted by Crippen LogP contribution is -2.43. The number of rotatable bonds is 4. The van der Waals surface area contributed by atoms with Crippen molar-refractivity contribution in [3.05, 3.63) is 24.3 Å². The van der Waals surface area contributed by atoms with E-state index in [1.54, 1.807) is 6.08 Å². The van der Waals surface area contributed by atoms with Crippen LogP contribution in [0.15, 0.2) is 24.3 Å². The van der Waals surface area contributed by atoms with Gasteiger partial charge >= 0.3 is 5.97 Å². The van der Waals surface area contributed by atoms with Crippen molar-refractivity contribution in [3.8, 4) is 0 Å². The van der Waals surface area contributed by atoms with Gasteiger partial charge < -0.3 is 14.3 Å². The highest BCUT2D eigenvalue weighted by molar-refractivity contribution is 6.74. The van der Waals surface area contributed by atoms with Crippen LogP contribution in [0, 0.1) is 0 Å². The predicted octanol–water partition coefficient (Wildman–Crippen LogP) is 2.80. The molecule has 0 radical (unpaired) electrons. The third kappa shape index (κ3) is 4.29. The van der Waals surface area contributed by atoms with Crippen LogP contribution in [0.25, 0.3) is 0 Å². The fraction of sp³-hybridized carbons (Fsp3) is 0.667. The van der Waals surface area contributed by atoms with E-state index in [0.717, 1.165) is 0 Å². The topological polar surface area (TPSA) is 55.8 Å². The van der Waals surface area contributed by atoms with E-state index in [0.29, 0.717) is 6.42 Å². The van der Waals surface area contributed by atoms with Gasteiger partial charge in [-0.1, -0.05) is 32.9 Å². The van der Waals surface area contributed by atoms with Gasteiger partial charge in [0, 0.05) is 12.5 Å². The number of carbonyl (C=O) groups is 1. The summed E-state index contributed by atoms with van der Waals surface area (Å²) in [5, 5.41) is 10.5. The van der Waals surface area contributed by atoms with Crippen molar-refractivity contribution in [1.29, 1.82) is 0 Å². The maximum absolute atomic E-state index is 11.1. The van der Waals surface area contributed by atoms with Crippen LogP contribution in [0.2, 0.25) is 18.1 Å². The highest BCUT2D eigenvalue weighted by Crippen LogP contribution is 2.39. The molecule has 0 amide bonds. The highest BCUT2D eigenvalue weighted by Gasteiger charge is 2.41. The lowest BCUT2D eigenvalue weighted by molar-refractivity contribution is -0.134. The number of aliphatic hydroxyl groups is 1. The predicted molar refractivity (Wildman–Crippen MR) is 81.9 cm³/mol. The Morgan fingerprint density at radius 1 is 1.45 bits per heavy atom. The Morgan fingerprint density at radius 3 is 2.55 bits per heavy atom. The van der Waals surface area contributed by atoms with Crippen LogP contribution in [0.3, 0.4) is 0 Å². The maximum Gasteiger partial charge on any atom is 0.330 e. The Morgan fingerprint density at radius 2 is 2.05 bits per heavy atom. The average molecular weight is 298 g/mol. The van der Waals surface area contributed by atoms with Crippen LogP contribution in [0.1, 0.15) is 27.2 Å². The second-order valence-corrected chi connectivity index (χ2v) is 11.6. The van der Waals surface area contributed by atoms with Crippen LogP contribution in [0.4, 0.5) is 0 Å². The Hall–Kier alpha value is -0.913. The third-order valence-corrected chi connectivity index (χ3v) is 8.59. The molecule has 1 aliphatic carbocycles. The molecule has 0 saturated heterocycles. The molecule has 2 atom stereocenters. The van der Waals surface area contributed by atoms with Gasteiger partial charge in [0.2, 0.25) is 0 Å². The summed E-state index contributed by atoms with van der Waals surface area (Å²) >= 11 is 0. The molecule has 0 saturated carbocycles. The quantitative estimate of drug-likeness (QED) is 0.375. The van der Waals surface area contributed by atoms with E-state index in [1.165, 1.54) is 19.3 Å². The Kier molecular flexibility index (Phi) is 5.00. The summed E-state index contributed by atoms with van der Waals surface area (Å²) in [5.41, 5.74) is -1.12. The zero-order valence-corrected chi connectivity index (χ0v) is 14.3. The summed E-state index contributed by atoms with van der Waals surface area (Å²) < 4.78 is 10.8. The third-order valence-electron chi connectivity index (χ3n) is 4.09. The van der Waals surface area contributed by atoms with Crippen molar-refractivity contribution in [2.24, 2.45) is 0 Å². The summed E-state index contributed by atoms with van der Waals surface area (Å²) in [5.74, 6) is -0.472. The van der Waals surface area contributed by atoms with Gasteiger partial charge in [0.05, 0.1) is 13.2 Å². The molecule has 1 N–H and O–H groups in total. The molecular formula is C15H26O4Si. The second kappa shape index (κ2) is 5.83. The van der Waals surface area contributed by atoms with Gasteiger partial charge in [-0.3, -0.25) is 0 Å². The SMILES string of the molecule is COC(=O)/C=C/C1(O)C=CC(O[Si](C)(C)C(C)(C)C)C1. The first-order valence-corrected chi connectivity index (χ1v) is 9.77. The standard InChI is InChI=1S/C15H26O4Si/c1-14(2,3)20(5,6)19-12-7-9-15(17,11-12)10-8-13(16)18-4/h7-10,12,17H,11H2,1-6H3/b10-8+. The van der Waals surface area contributed by atoms with Crippen LogP contribution in [-0.2, 0) is 14.0 Å². The Bertz CT molecular complexity index is 420. The molecule has 0 heterocycles. The van der Waals surface area contributed by atoms with Gasteiger partial charge in [0.15, 0.2) is 8.32 Å². The first kappa shape index (κ1) is 17.1. The van der Waals surface area contributed by atoms with E-state index >= 15 is 0 Å². The molecule has 1 aliphatic rings. The summed E-state index contributed by atoms with van der Waals surface area (Å²) in [6, 6.07) is 0. The maximum atomic E-state index is 11.1. The minimum Gasteiger partial charge on any atom is -0.466 e. The molecule has 2 unspecified atom stereocenters. The molecule has 4 nitrogen and oxygen atoms in total. The van der Waals surface area contributed by atoms with Crippen molar-refractivity contribution in [2.45, 2.75) is 57.0 Å². The molecule has 0 aromatic rings. The molecule has 0 bridgehead atoms. The van der Waals surface area contributed by atoms with Crippen LogP contribution in [0.5, 0.6) is 0 Å². The zero-order chi connectivity index (χ0) is 15.6. The number of hydrogen-bond donors (Lipinski definition) is 1. The largest absolute Gasteiger partial charge is 0.466 e. The fourth-order valence-corrected chi connectivity index (χ4v) is 3.04. The van der Waals surface area contributed by atoms with Crippen molar-refractivity contribution in [3.63, 3.8) is 0 Å².